The molecule has 1 N–H and O–H groups in total. The summed E-state index contributed by atoms with van der Waals surface area (Å²) < 4.78 is 0. The lowest BCUT2D eigenvalue weighted by Crippen LogP contribution is -2.46. The van der Waals surface area contributed by atoms with Gasteiger partial charge in [-0.3, -0.25) is 14.5 Å². The van der Waals surface area contributed by atoms with Crippen molar-refractivity contribution in [3.63, 3.8) is 0 Å². The average molecular weight is 414 g/mol. The Hall–Kier alpha value is -1.04. The fourth-order valence-corrected chi connectivity index (χ4v) is 4.86. The number of aliphatic carboxylic acids is 1. The van der Waals surface area contributed by atoms with Crippen molar-refractivity contribution in [1.82, 2.24) is 4.90 Å². The lowest BCUT2D eigenvalue weighted by atomic mass is 9.93. The third-order valence-corrected chi connectivity index (χ3v) is 7.21. The number of hydrogen-bond acceptors (Lipinski definition) is 4. The van der Waals surface area contributed by atoms with Crippen LogP contribution in [0.3, 0.4) is 0 Å². The van der Waals surface area contributed by atoms with Gasteiger partial charge in [0.15, 0.2) is 0 Å². The second-order valence-electron chi connectivity index (χ2n) is 8.63. The maximum Gasteiger partial charge on any atom is 0.327 e. The fourth-order valence-electron chi connectivity index (χ4n) is 3.64. The summed E-state index contributed by atoms with van der Waals surface area (Å²) in [4.78, 5) is 36.0. The molecule has 4 atom stereocenters. The van der Waals surface area contributed by atoms with Gasteiger partial charge in [-0.2, -0.15) is 11.8 Å². The standard InChI is InChI=1S/C22H39NO4S/c1-5-16(2)8-6-9-17(3)10-7-11-18(4)14-28-15-19(22(26)27)23-20(24)12-13-21(23)25/h16-19H,5-15H2,1-4H3,(H,26,27)/t16?,17?,18?,19-/m0/s1. The minimum Gasteiger partial charge on any atom is -0.480 e. The monoisotopic (exact) mass is 413 g/mol. The maximum absolute atomic E-state index is 11.8. The molecule has 1 rings (SSSR count). The van der Waals surface area contributed by atoms with Crippen molar-refractivity contribution in [2.75, 3.05) is 11.5 Å². The molecular weight excluding hydrogens is 374 g/mol. The zero-order valence-corrected chi connectivity index (χ0v) is 18.9. The van der Waals surface area contributed by atoms with E-state index in [1.807, 2.05) is 0 Å². The molecule has 0 radical (unpaired) electrons. The van der Waals surface area contributed by atoms with E-state index in [2.05, 4.69) is 27.7 Å². The first-order valence-electron chi connectivity index (χ1n) is 10.9. The molecular formula is C22H39NO4S. The summed E-state index contributed by atoms with van der Waals surface area (Å²) in [6.45, 7) is 9.13. The van der Waals surface area contributed by atoms with E-state index < -0.39 is 12.0 Å². The number of carboxylic acids is 1. The number of hydrogen-bond donors (Lipinski definition) is 1. The first-order chi connectivity index (χ1) is 13.3. The molecule has 0 bridgehead atoms. The van der Waals surface area contributed by atoms with Crippen molar-refractivity contribution in [3.05, 3.63) is 0 Å². The molecule has 1 heterocycles. The summed E-state index contributed by atoms with van der Waals surface area (Å²) in [5.41, 5.74) is 0. The second-order valence-corrected chi connectivity index (χ2v) is 9.71. The molecule has 0 saturated carbocycles. The van der Waals surface area contributed by atoms with Crippen LogP contribution in [0.2, 0.25) is 0 Å². The number of carbonyl (C=O) groups is 3. The summed E-state index contributed by atoms with van der Waals surface area (Å²) >= 11 is 1.54. The van der Waals surface area contributed by atoms with Gasteiger partial charge in [0.25, 0.3) is 0 Å². The molecule has 0 aromatic heterocycles. The van der Waals surface area contributed by atoms with Gasteiger partial charge in [0, 0.05) is 18.6 Å². The summed E-state index contributed by atoms with van der Waals surface area (Å²) in [5.74, 6) is 1.47. The van der Waals surface area contributed by atoms with E-state index >= 15 is 0 Å². The molecule has 0 aromatic carbocycles. The Bertz CT molecular complexity index is 495. The number of carbonyl (C=O) groups excluding carboxylic acids is 2. The molecule has 1 fully saturated rings. The largest absolute Gasteiger partial charge is 0.480 e. The minimum atomic E-state index is -1.09. The van der Waals surface area contributed by atoms with Crippen LogP contribution in [0.1, 0.15) is 85.5 Å². The van der Waals surface area contributed by atoms with Crippen molar-refractivity contribution in [2.24, 2.45) is 17.8 Å². The van der Waals surface area contributed by atoms with Crippen LogP contribution in [0.4, 0.5) is 0 Å². The number of likely N-dealkylation sites (tertiary alicyclic amines) is 1. The SMILES string of the molecule is CCC(C)CCCC(C)CCCC(C)CSC[C@@H](C(=O)O)N1C(=O)CCC1=O. The smallest absolute Gasteiger partial charge is 0.327 e. The first-order valence-corrected chi connectivity index (χ1v) is 12.1. The molecule has 1 saturated heterocycles. The van der Waals surface area contributed by atoms with Crippen molar-refractivity contribution in [2.45, 2.75) is 91.5 Å². The highest BCUT2D eigenvalue weighted by Crippen LogP contribution is 2.23. The third kappa shape index (κ3) is 8.97. The highest BCUT2D eigenvalue weighted by atomic mass is 32.2. The van der Waals surface area contributed by atoms with Crippen molar-refractivity contribution >= 4 is 29.5 Å². The van der Waals surface area contributed by atoms with Crippen molar-refractivity contribution < 1.29 is 19.5 Å². The van der Waals surface area contributed by atoms with Gasteiger partial charge in [-0.05, 0) is 29.9 Å². The van der Waals surface area contributed by atoms with Gasteiger partial charge < -0.3 is 5.11 Å². The first kappa shape index (κ1) is 25.0. The van der Waals surface area contributed by atoms with Crippen LogP contribution in [0.15, 0.2) is 0 Å². The predicted molar refractivity (Wildman–Crippen MR) is 115 cm³/mol. The normalized spacial score (nSPS) is 18.9. The predicted octanol–water partition coefficient (Wildman–Crippen LogP) is 4.98. The van der Waals surface area contributed by atoms with Gasteiger partial charge in [-0.15, -0.1) is 0 Å². The number of amides is 2. The van der Waals surface area contributed by atoms with Gasteiger partial charge in [-0.25, -0.2) is 4.79 Å². The fraction of sp³-hybridized carbons (Fsp3) is 0.864. The summed E-state index contributed by atoms with van der Waals surface area (Å²) in [5, 5.41) is 9.40. The molecule has 0 aliphatic carbocycles. The summed E-state index contributed by atoms with van der Waals surface area (Å²) in [6, 6.07) is -1.02. The molecule has 2 amide bonds. The van der Waals surface area contributed by atoms with Gasteiger partial charge >= 0.3 is 5.97 Å². The molecule has 0 aromatic rings. The van der Waals surface area contributed by atoms with E-state index in [9.17, 15) is 19.5 Å². The lowest BCUT2D eigenvalue weighted by molar-refractivity contribution is -0.153. The lowest BCUT2D eigenvalue weighted by Gasteiger charge is -2.22. The molecule has 3 unspecified atom stereocenters. The van der Waals surface area contributed by atoms with E-state index in [1.165, 1.54) is 38.5 Å². The highest BCUT2D eigenvalue weighted by molar-refractivity contribution is 7.99. The minimum absolute atomic E-state index is 0.138. The van der Waals surface area contributed by atoms with E-state index in [1.54, 1.807) is 11.8 Å². The van der Waals surface area contributed by atoms with E-state index in [-0.39, 0.29) is 30.4 Å². The van der Waals surface area contributed by atoms with E-state index in [0.717, 1.165) is 28.9 Å². The Morgan fingerprint density at radius 1 is 0.929 bits per heavy atom. The number of rotatable bonds is 15. The zero-order chi connectivity index (χ0) is 21.1. The van der Waals surface area contributed by atoms with Crippen LogP contribution >= 0.6 is 11.8 Å². The highest BCUT2D eigenvalue weighted by Gasteiger charge is 2.38. The Kier molecular flexibility index (Phi) is 11.8. The van der Waals surface area contributed by atoms with Crippen LogP contribution in [0.25, 0.3) is 0 Å². The topological polar surface area (TPSA) is 74.7 Å². The molecule has 28 heavy (non-hydrogen) atoms. The Morgan fingerprint density at radius 3 is 1.93 bits per heavy atom. The molecule has 0 spiro atoms. The summed E-state index contributed by atoms with van der Waals surface area (Å²) in [6.07, 6.45) is 9.12. The number of carboxylic acid groups (broad SMARTS) is 1. The van der Waals surface area contributed by atoms with Crippen LogP contribution in [0.5, 0.6) is 0 Å². The van der Waals surface area contributed by atoms with Crippen molar-refractivity contribution in [1.29, 1.82) is 0 Å². The van der Waals surface area contributed by atoms with Crippen LogP contribution in [-0.4, -0.2) is 45.3 Å². The van der Waals surface area contributed by atoms with Crippen LogP contribution in [0, 0.1) is 17.8 Å². The molecule has 162 valence electrons. The van der Waals surface area contributed by atoms with E-state index in [4.69, 9.17) is 0 Å². The van der Waals surface area contributed by atoms with Gasteiger partial charge in [-0.1, -0.05) is 66.2 Å². The Balaban J connectivity index is 2.21. The quantitative estimate of drug-likeness (QED) is 0.383. The number of thioether (sulfide) groups is 1. The number of nitrogens with zero attached hydrogens (tertiary/aromatic N) is 1. The van der Waals surface area contributed by atoms with Crippen molar-refractivity contribution in [3.8, 4) is 0 Å². The zero-order valence-electron chi connectivity index (χ0n) is 18.1. The van der Waals surface area contributed by atoms with Crippen LogP contribution in [-0.2, 0) is 14.4 Å². The van der Waals surface area contributed by atoms with E-state index in [0.29, 0.717) is 5.92 Å². The molecule has 5 nitrogen and oxygen atoms in total. The molecule has 1 aliphatic rings. The summed E-state index contributed by atoms with van der Waals surface area (Å²) in [7, 11) is 0. The second kappa shape index (κ2) is 13.2. The average Bonchev–Trinajstić information content (AvgIpc) is 2.96. The van der Waals surface area contributed by atoms with Gasteiger partial charge in [0.2, 0.25) is 11.8 Å². The Morgan fingerprint density at radius 2 is 1.43 bits per heavy atom. The van der Waals surface area contributed by atoms with Gasteiger partial charge in [0.05, 0.1) is 0 Å². The van der Waals surface area contributed by atoms with Gasteiger partial charge in [0.1, 0.15) is 6.04 Å². The Labute approximate surface area is 175 Å². The molecule has 1 aliphatic heterocycles. The maximum atomic E-state index is 11.8. The number of imide groups is 1. The van der Waals surface area contributed by atoms with Crippen LogP contribution < -0.4 is 0 Å². The third-order valence-electron chi connectivity index (χ3n) is 5.85. The molecule has 6 heteroatoms.